The first-order valence-corrected chi connectivity index (χ1v) is 8.07. The number of hydrogen-bond acceptors (Lipinski definition) is 4. The minimum Gasteiger partial charge on any atom is -0.496 e. The quantitative estimate of drug-likeness (QED) is 0.938. The van der Waals surface area contributed by atoms with Gasteiger partial charge in [0, 0.05) is 18.7 Å². The smallest absolute Gasteiger partial charge is 0.255 e. The Hall–Kier alpha value is -2.53. The Labute approximate surface area is 142 Å². The highest BCUT2D eigenvalue weighted by Gasteiger charge is 2.16. The van der Waals surface area contributed by atoms with E-state index in [4.69, 9.17) is 9.47 Å². The third-order valence-electron chi connectivity index (χ3n) is 4.17. The van der Waals surface area contributed by atoms with Crippen molar-refractivity contribution in [2.45, 2.75) is 6.92 Å². The summed E-state index contributed by atoms with van der Waals surface area (Å²) < 4.78 is 10.7. The number of nitrogens with one attached hydrogen (secondary N) is 1. The predicted octanol–water partition coefficient (Wildman–Crippen LogP) is 3.09. The summed E-state index contributed by atoms with van der Waals surface area (Å²) in [7, 11) is 1.61. The molecule has 1 fully saturated rings. The Morgan fingerprint density at radius 1 is 1.17 bits per heavy atom. The number of methoxy groups -OCH3 is 1. The summed E-state index contributed by atoms with van der Waals surface area (Å²) in [4.78, 5) is 14.8. The van der Waals surface area contributed by atoms with Gasteiger partial charge < -0.3 is 19.7 Å². The lowest BCUT2D eigenvalue weighted by Crippen LogP contribution is -2.36. The van der Waals surface area contributed by atoms with Crippen molar-refractivity contribution in [3.8, 4) is 5.75 Å². The zero-order valence-corrected chi connectivity index (χ0v) is 14.0. The maximum Gasteiger partial charge on any atom is 0.255 e. The van der Waals surface area contributed by atoms with Crippen LogP contribution in [0.4, 0.5) is 11.4 Å². The Bertz CT molecular complexity index is 724. The maximum absolute atomic E-state index is 12.6. The van der Waals surface area contributed by atoms with Crippen molar-refractivity contribution < 1.29 is 14.3 Å². The van der Waals surface area contributed by atoms with Gasteiger partial charge in [-0.2, -0.15) is 0 Å². The molecule has 2 aromatic rings. The van der Waals surface area contributed by atoms with E-state index in [1.807, 2.05) is 43.3 Å². The maximum atomic E-state index is 12.6. The summed E-state index contributed by atoms with van der Waals surface area (Å²) in [6.45, 7) is 5.01. The first-order valence-electron chi connectivity index (χ1n) is 8.07. The number of ether oxygens (including phenoxy) is 2. The minimum absolute atomic E-state index is 0.144. The molecule has 1 amide bonds. The molecule has 5 heteroatoms. The number of nitrogens with zero attached hydrogens (tertiary/aromatic N) is 1. The fraction of sp³-hybridized carbons (Fsp3) is 0.316. The molecule has 126 valence electrons. The van der Waals surface area contributed by atoms with Crippen molar-refractivity contribution in [2.75, 3.05) is 43.6 Å². The fourth-order valence-electron chi connectivity index (χ4n) is 2.82. The van der Waals surface area contributed by atoms with Gasteiger partial charge in [0.05, 0.1) is 31.7 Å². The van der Waals surface area contributed by atoms with Crippen LogP contribution in [0.5, 0.6) is 5.75 Å². The standard InChI is InChI=1S/C19H22N2O3/c1-14-7-8-15(13-18(14)23-2)19(22)20-16-5-3-4-6-17(16)21-9-11-24-12-10-21/h3-8,13H,9-12H2,1-2H3,(H,20,22). The average molecular weight is 326 g/mol. The van der Waals surface area contributed by atoms with Gasteiger partial charge in [-0.05, 0) is 36.8 Å². The molecule has 0 aliphatic carbocycles. The first-order chi connectivity index (χ1) is 11.7. The topological polar surface area (TPSA) is 50.8 Å². The molecule has 1 aliphatic heterocycles. The van der Waals surface area contributed by atoms with Gasteiger partial charge in [0.2, 0.25) is 0 Å². The minimum atomic E-state index is -0.144. The summed E-state index contributed by atoms with van der Waals surface area (Å²) in [6, 6.07) is 13.3. The zero-order valence-electron chi connectivity index (χ0n) is 14.0. The summed E-state index contributed by atoms with van der Waals surface area (Å²) >= 11 is 0. The molecule has 2 aromatic carbocycles. The summed E-state index contributed by atoms with van der Waals surface area (Å²) in [6.07, 6.45) is 0. The number of rotatable bonds is 4. The van der Waals surface area contributed by atoms with Crippen LogP contribution < -0.4 is 15.0 Å². The van der Waals surface area contributed by atoms with Crippen molar-refractivity contribution in [3.05, 3.63) is 53.6 Å². The molecule has 1 aliphatic rings. The lowest BCUT2D eigenvalue weighted by molar-refractivity contribution is 0.102. The van der Waals surface area contributed by atoms with Gasteiger partial charge in [0.25, 0.3) is 5.91 Å². The Morgan fingerprint density at radius 2 is 1.92 bits per heavy atom. The van der Waals surface area contributed by atoms with Gasteiger partial charge in [-0.15, -0.1) is 0 Å². The van der Waals surface area contributed by atoms with E-state index in [1.165, 1.54) is 0 Å². The van der Waals surface area contributed by atoms with Gasteiger partial charge in [-0.25, -0.2) is 0 Å². The molecule has 1 saturated heterocycles. The van der Waals surface area contributed by atoms with Crippen LogP contribution in [-0.4, -0.2) is 39.3 Å². The van der Waals surface area contributed by atoms with Crippen LogP contribution in [0.1, 0.15) is 15.9 Å². The normalized spacial score (nSPS) is 14.3. The summed E-state index contributed by atoms with van der Waals surface area (Å²) in [5, 5.41) is 3.02. The highest BCUT2D eigenvalue weighted by molar-refractivity contribution is 6.06. The Morgan fingerprint density at radius 3 is 2.67 bits per heavy atom. The monoisotopic (exact) mass is 326 g/mol. The third kappa shape index (κ3) is 3.51. The molecule has 0 spiro atoms. The largest absolute Gasteiger partial charge is 0.496 e. The number of anilines is 2. The molecule has 0 aromatic heterocycles. The molecule has 1 N–H and O–H groups in total. The van der Waals surface area contributed by atoms with Crippen LogP contribution in [0.3, 0.4) is 0 Å². The molecule has 5 nitrogen and oxygen atoms in total. The van der Waals surface area contributed by atoms with Crippen LogP contribution in [-0.2, 0) is 4.74 Å². The summed E-state index contributed by atoms with van der Waals surface area (Å²) in [5.74, 6) is 0.568. The predicted molar refractivity (Wildman–Crippen MR) is 95.2 cm³/mol. The number of para-hydroxylation sites is 2. The second kappa shape index (κ2) is 7.36. The number of morpholine rings is 1. The number of aryl methyl sites for hydroxylation is 1. The molecule has 0 saturated carbocycles. The van der Waals surface area contributed by atoms with E-state index in [0.29, 0.717) is 24.5 Å². The molecule has 0 atom stereocenters. The van der Waals surface area contributed by atoms with Crippen LogP contribution in [0, 0.1) is 6.92 Å². The molecular formula is C19H22N2O3. The van der Waals surface area contributed by atoms with Gasteiger partial charge in [0.1, 0.15) is 5.75 Å². The molecule has 0 unspecified atom stereocenters. The highest BCUT2D eigenvalue weighted by Crippen LogP contribution is 2.27. The molecule has 0 radical (unpaired) electrons. The van der Waals surface area contributed by atoms with Gasteiger partial charge in [-0.3, -0.25) is 4.79 Å². The first kappa shape index (κ1) is 16.3. The molecule has 1 heterocycles. The van der Waals surface area contributed by atoms with Crippen molar-refractivity contribution >= 4 is 17.3 Å². The fourth-order valence-corrected chi connectivity index (χ4v) is 2.82. The SMILES string of the molecule is COc1cc(C(=O)Nc2ccccc2N2CCOCC2)ccc1C. The number of amides is 1. The van der Waals surface area contributed by atoms with Crippen molar-refractivity contribution in [1.82, 2.24) is 0 Å². The molecular weight excluding hydrogens is 304 g/mol. The number of benzene rings is 2. The lowest BCUT2D eigenvalue weighted by Gasteiger charge is -2.30. The number of carbonyl (C=O) groups is 1. The van der Waals surface area contributed by atoms with E-state index in [1.54, 1.807) is 13.2 Å². The average Bonchev–Trinajstić information content (AvgIpc) is 2.63. The lowest BCUT2D eigenvalue weighted by atomic mass is 10.1. The van der Waals surface area contributed by atoms with Crippen LogP contribution in [0.2, 0.25) is 0 Å². The number of carbonyl (C=O) groups excluding carboxylic acids is 1. The third-order valence-corrected chi connectivity index (χ3v) is 4.17. The van der Waals surface area contributed by atoms with Gasteiger partial charge >= 0.3 is 0 Å². The van der Waals surface area contributed by atoms with E-state index in [9.17, 15) is 4.79 Å². The zero-order chi connectivity index (χ0) is 16.9. The van der Waals surface area contributed by atoms with Gasteiger partial charge in [0.15, 0.2) is 0 Å². The second-order valence-corrected chi connectivity index (χ2v) is 5.76. The Kier molecular flexibility index (Phi) is 5.01. The van der Waals surface area contributed by atoms with E-state index in [-0.39, 0.29) is 5.91 Å². The number of hydrogen-bond donors (Lipinski definition) is 1. The van der Waals surface area contributed by atoms with Crippen molar-refractivity contribution in [1.29, 1.82) is 0 Å². The van der Waals surface area contributed by atoms with Crippen molar-refractivity contribution in [2.24, 2.45) is 0 Å². The van der Waals surface area contributed by atoms with Crippen molar-refractivity contribution in [3.63, 3.8) is 0 Å². The van der Waals surface area contributed by atoms with Crippen LogP contribution >= 0.6 is 0 Å². The van der Waals surface area contributed by atoms with Crippen LogP contribution in [0.15, 0.2) is 42.5 Å². The van der Waals surface area contributed by atoms with E-state index >= 15 is 0 Å². The van der Waals surface area contributed by atoms with E-state index in [2.05, 4.69) is 10.2 Å². The molecule has 24 heavy (non-hydrogen) atoms. The van der Waals surface area contributed by atoms with Crippen LogP contribution in [0.25, 0.3) is 0 Å². The van der Waals surface area contributed by atoms with E-state index < -0.39 is 0 Å². The Balaban J connectivity index is 1.82. The highest BCUT2D eigenvalue weighted by atomic mass is 16.5. The molecule has 0 bridgehead atoms. The van der Waals surface area contributed by atoms with Gasteiger partial charge in [-0.1, -0.05) is 18.2 Å². The summed E-state index contributed by atoms with van der Waals surface area (Å²) in [5.41, 5.74) is 3.41. The second-order valence-electron chi connectivity index (χ2n) is 5.76. The molecule has 3 rings (SSSR count). The van der Waals surface area contributed by atoms with E-state index in [0.717, 1.165) is 30.0 Å².